The minimum atomic E-state index is 0. The molecular formula is HLiMoNbO. The van der Waals surface area contributed by atoms with Crippen LogP contribution in [-0.4, -0.2) is 0 Å². The molecule has 0 unspecified atom stereocenters. The summed E-state index contributed by atoms with van der Waals surface area (Å²) in [6.07, 6.45) is 0. The van der Waals surface area contributed by atoms with E-state index in [1.165, 1.54) is 0 Å². The van der Waals surface area contributed by atoms with Crippen LogP contribution in [0.5, 0.6) is 0 Å². The van der Waals surface area contributed by atoms with Crippen molar-refractivity contribution in [2.24, 2.45) is 0 Å². The van der Waals surface area contributed by atoms with Crippen LogP contribution in [0.3, 0.4) is 0 Å². The van der Waals surface area contributed by atoms with Crippen LogP contribution >= 0.6 is 0 Å². The summed E-state index contributed by atoms with van der Waals surface area (Å²) >= 11 is 0.700. The van der Waals surface area contributed by atoms with Gasteiger partial charge >= 0.3 is 42.0 Å². The summed E-state index contributed by atoms with van der Waals surface area (Å²) in [5, 5.41) is 0. The van der Waals surface area contributed by atoms with Gasteiger partial charge in [-0.2, -0.15) is 0 Å². The van der Waals surface area contributed by atoms with E-state index in [1.54, 1.807) is 0 Å². The molecule has 0 atom stereocenters. The van der Waals surface area contributed by atoms with Gasteiger partial charge < -0.3 is 1.43 Å². The molecule has 0 fully saturated rings. The van der Waals surface area contributed by atoms with Gasteiger partial charge in [-0.25, -0.2) is 0 Å². The van der Waals surface area contributed by atoms with Gasteiger partial charge in [0.25, 0.3) is 0 Å². The monoisotopic (exact) mass is 215 g/mol. The summed E-state index contributed by atoms with van der Waals surface area (Å²) in [6.45, 7) is 0. The maximum absolute atomic E-state index is 8.26. The van der Waals surface area contributed by atoms with E-state index in [9.17, 15) is 0 Å². The van der Waals surface area contributed by atoms with E-state index in [0.29, 0.717) is 19.8 Å². The van der Waals surface area contributed by atoms with Gasteiger partial charge in [-0.3, -0.25) is 0 Å². The van der Waals surface area contributed by atoms with Gasteiger partial charge in [0.15, 0.2) is 0 Å². The molecule has 0 heterocycles. The first-order chi connectivity index (χ1) is 1.00. The van der Waals surface area contributed by atoms with Crippen molar-refractivity contribution >= 4 is 0 Å². The molecule has 0 aromatic rings. The van der Waals surface area contributed by atoms with Crippen LogP contribution in [0.2, 0.25) is 0 Å². The number of rotatable bonds is 0. The van der Waals surface area contributed by atoms with Gasteiger partial charge in [0, 0.05) is 22.4 Å². The normalized spacial score (nSPS) is 1.00. The molecule has 0 aromatic carbocycles. The van der Waals surface area contributed by atoms with E-state index in [4.69, 9.17) is 3.40 Å². The molecule has 0 bridgehead atoms. The molecular weight excluding hydrogens is 212 g/mol. The Bertz CT molecular complexity index is 11.6. The fraction of sp³-hybridized carbons (Fsp3) is 0. The molecule has 4 heteroatoms. The Labute approximate surface area is 65.3 Å². The Morgan fingerprint density at radius 2 is 1.50 bits per heavy atom. The average molecular weight is 213 g/mol. The van der Waals surface area contributed by atoms with Crippen molar-refractivity contribution in [2.45, 2.75) is 0 Å². The molecule has 1 radical (unpaired) electrons. The van der Waals surface area contributed by atoms with Crippen LogP contribution in [0.15, 0.2) is 0 Å². The van der Waals surface area contributed by atoms with Crippen molar-refractivity contribution in [1.82, 2.24) is 0 Å². The maximum atomic E-state index is 8.26. The summed E-state index contributed by atoms with van der Waals surface area (Å²) < 4.78 is 8.26. The summed E-state index contributed by atoms with van der Waals surface area (Å²) in [7, 11) is 0. The van der Waals surface area contributed by atoms with Gasteiger partial charge in [0.2, 0.25) is 0 Å². The van der Waals surface area contributed by atoms with E-state index in [-0.39, 0.29) is 42.7 Å². The zero-order valence-corrected chi connectivity index (χ0v) is 6.47. The molecule has 0 N–H and O–H groups in total. The summed E-state index contributed by atoms with van der Waals surface area (Å²) in [4.78, 5) is 0. The molecule has 1 nitrogen and oxygen atoms in total. The fourth-order valence-corrected chi connectivity index (χ4v) is 0. The van der Waals surface area contributed by atoms with Crippen LogP contribution in [0.4, 0.5) is 0 Å². The van der Waals surface area contributed by atoms with Crippen molar-refractivity contribution in [3.63, 3.8) is 0 Å². The molecule has 0 aliphatic rings. The first-order valence-electron chi connectivity index (χ1n) is 0.167. The second kappa shape index (κ2) is 21.2. The average Bonchev–Trinajstić information content (AvgIpc) is 1.00. The predicted octanol–water partition coefficient (Wildman–Crippen LogP) is -3.01. The third kappa shape index (κ3) is 9.16. The van der Waals surface area contributed by atoms with Gasteiger partial charge in [-0.1, -0.05) is 0 Å². The van der Waals surface area contributed by atoms with Crippen molar-refractivity contribution in [3.05, 3.63) is 0 Å². The van der Waals surface area contributed by atoms with E-state index in [1.807, 2.05) is 0 Å². The second-order valence-corrected chi connectivity index (χ2v) is 0. The summed E-state index contributed by atoms with van der Waals surface area (Å²) in [6, 6.07) is 0. The molecule has 4 heavy (non-hydrogen) atoms. The van der Waals surface area contributed by atoms with Crippen LogP contribution < -0.4 is 18.9 Å². The standard InChI is InChI=1S/Li.Mo.Nb.O.H/q+1;;;;-1. The van der Waals surface area contributed by atoms with Crippen LogP contribution in [-0.2, 0) is 45.6 Å². The molecule has 0 amide bonds. The van der Waals surface area contributed by atoms with Crippen molar-refractivity contribution < 1.29 is 65.8 Å². The first kappa shape index (κ1) is 17.0. The third-order valence-electron chi connectivity index (χ3n) is 0. The molecule has 0 rings (SSSR count). The molecule has 0 spiro atoms. The molecule has 0 saturated heterocycles. The van der Waals surface area contributed by atoms with E-state index < -0.39 is 0 Å². The van der Waals surface area contributed by atoms with Gasteiger partial charge in [0.05, 0.1) is 0 Å². The quantitative estimate of drug-likeness (QED) is 0.391. The van der Waals surface area contributed by atoms with Crippen LogP contribution in [0, 0.1) is 0 Å². The predicted molar refractivity (Wildman–Crippen MR) is 1.80 cm³/mol. The van der Waals surface area contributed by atoms with Crippen LogP contribution in [0.1, 0.15) is 1.43 Å². The zero-order chi connectivity index (χ0) is 2.00. The molecule has 0 aliphatic heterocycles. The van der Waals surface area contributed by atoms with Crippen LogP contribution in [0.25, 0.3) is 0 Å². The molecule has 19 valence electrons. The van der Waals surface area contributed by atoms with Crippen molar-refractivity contribution in [2.75, 3.05) is 0 Å². The SMILES string of the molecule is [H-].[Li+].[Nb].[O]=[Mo]. The van der Waals surface area contributed by atoms with Crippen molar-refractivity contribution in [1.29, 1.82) is 0 Å². The summed E-state index contributed by atoms with van der Waals surface area (Å²) in [5.41, 5.74) is 0. The molecule has 0 aromatic heterocycles. The van der Waals surface area contributed by atoms with Gasteiger partial charge in [0.1, 0.15) is 0 Å². The summed E-state index contributed by atoms with van der Waals surface area (Å²) in [5.74, 6) is 0. The molecule has 0 saturated carbocycles. The Kier molecular flexibility index (Phi) is 90.0. The Balaban J connectivity index is -0.00000000167. The zero-order valence-electron chi connectivity index (χ0n) is 3.26. The fourth-order valence-electron chi connectivity index (χ4n) is 0. The van der Waals surface area contributed by atoms with Gasteiger partial charge in [-0.15, -0.1) is 0 Å². The third-order valence-corrected chi connectivity index (χ3v) is 0. The van der Waals surface area contributed by atoms with E-state index >= 15 is 0 Å². The van der Waals surface area contributed by atoms with Crippen molar-refractivity contribution in [3.8, 4) is 0 Å². The Hall–Kier alpha value is 1.83. The topological polar surface area (TPSA) is 17.1 Å². The Morgan fingerprint density at radius 3 is 1.50 bits per heavy atom. The van der Waals surface area contributed by atoms with E-state index in [0.717, 1.165) is 0 Å². The minimum absolute atomic E-state index is 0. The first-order valence-corrected chi connectivity index (χ1v) is 0.986. The number of hydrogen-bond donors (Lipinski definition) is 0. The van der Waals surface area contributed by atoms with Gasteiger partial charge in [-0.05, 0) is 0 Å². The molecule has 0 aliphatic carbocycles. The number of hydrogen-bond acceptors (Lipinski definition) is 1. The second-order valence-electron chi connectivity index (χ2n) is 0. The Morgan fingerprint density at radius 1 is 1.50 bits per heavy atom. The van der Waals surface area contributed by atoms with E-state index in [2.05, 4.69) is 0 Å².